The van der Waals surface area contributed by atoms with Crippen molar-refractivity contribution in [2.75, 3.05) is 12.3 Å². The van der Waals surface area contributed by atoms with Gasteiger partial charge in [0.2, 0.25) is 0 Å². The van der Waals surface area contributed by atoms with Gasteiger partial charge >= 0.3 is 0 Å². The van der Waals surface area contributed by atoms with Crippen molar-refractivity contribution in [3.05, 3.63) is 11.9 Å². The van der Waals surface area contributed by atoms with Crippen LogP contribution < -0.4 is 5.73 Å². The van der Waals surface area contributed by atoms with Crippen molar-refractivity contribution in [2.24, 2.45) is 0 Å². The first-order chi connectivity index (χ1) is 6.61. The molecule has 0 bridgehead atoms. The summed E-state index contributed by atoms with van der Waals surface area (Å²) in [4.78, 5) is 13.7. The number of fused-ring (bicyclic) bond motifs is 1. The molecule has 0 spiro atoms. The number of carbonyl (C=O) groups excluding carboxylic acids is 1. The van der Waals surface area contributed by atoms with Gasteiger partial charge in [-0.1, -0.05) is 0 Å². The largest absolute Gasteiger partial charge is 0.396 e. The van der Waals surface area contributed by atoms with Crippen LogP contribution in [0.1, 0.15) is 24.3 Å². The Morgan fingerprint density at radius 3 is 2.86 bits per heavy atom. The first kappa shape index (κ1) is 9.05. The van der Waals surface area contributed by atoms with Crippen molar-refractivity contribution < 1.29 is 4.79 Å². The predicted octanol–water partition coefficient (Wildman–Crippen LogP) is 0.330. The van der Waals surface area contributed by atoms with E-state index in [-0.39, 0.29) is 11.9 Å². The van der Waals surface area contributed by atoms with Crippen LogP contribution in [0.25, 0.3) is 0 Å². The van der Waals surface area contributed by atoms with Gasteiger partial charge in [0, 0.05) is 12.6 Å². The lowest BCUT2D eigenvalue weighted by atomic mass is 10.2. The highest BCUT2D eigenvalue weighted by Gasteiger charge is 2.28. The average molecular weight is 194 g/mol. The fraction of sp³-hybridized carbons (Fsp3) is 0.556. The Hall–Kier alpha value is -1.52. The number of amides is 1. The summed E-state index contributed by atoms with van der Waals surface area (Å²) in [5, 5.41) is 4.04. The molecule has 2 N–H and O–H groups in total. The van der Waals surface area contributed by atoms with E-state index in [4.69, 9.17) is 5.73 Å². The normalized spacial score (nSPS) is 16.2. The van der Waals surface area contributed by atoms with Crippen molar-refractivity contribution in [1.29, 1.82) is 0 Å². The molecule has 14 heavy (non-hydrogen) atoms. The number of carbonyl (C=O) groups is 1. The van der Waals surface area contributed by atoms with E-state index in [1.807, 2.05) is 18.7 Å². The lowest BCUT2D eigenvalue weighted by molar-refractivity contribution is 0.0643. The third kappa shape index (κ3) is 1.16. The zero-order valence-corrected chi connectivity index (χ0v) is 8.40. The van der Waals surface area contributed by atoms with Crippen LogP contribution >= 0.6 is 0 Å². The summed E-state index contributed by atoms with van der Waals surface area (Å²) in [6.07, 6.45) is 1.54. The molecule has 0 aliphatic carbocycles. The topological polar surface area (TPSA) is 64.2 Å². The SMILES string of the molecule is CC(C)N1CCn2ncc(N)c2C1=O. The molecular weight excluding hydrogens is 180 g/mol. The maximum absolute atomic E-state index is 11.9. The van der Waals surface area contributed by atoms with Gasteiger partial charge in [-0.3, -0.25) is 9.48 Å². The first-order valence-electron chi connectivity index (χ1n) is 4.73. The van der Waals surface area contributed by atoms with Crippen LogP contribution in [0.5, 0.6) is 0 Å². The molecule has 1 aliphatic heterocycles. The number of anilines is 1. The molecule has 2 heterocycles. The lowest BCUT2D eigenvalue weighted by Crippen LogP contribution is -2.44. The Balaban J connectivity index is 2.40. The maximum atomic E-state index is 11.9. The average Bonchev–Trinajstić information content (AvgIpc) is 2.48. The number of hydrogen-bond acceptors (Lipinski definition) is 3. The van der Waals surface area contributed by atoms with Crippen molar-refractivity contribution in [3.63, 3.8) is 0 Å². The molecule has 2 rings (SSSR count). The molecule has 0 aromatic carbocycles. The highest BCUT2D eigenvalue weighted by Crippen LogP contribution is 2.19. The van der Waals surface area contributed by atoms with Crippen molar-refractivity contribution in [1.82, 2.24) is 14.7 Å². The lowest BCUT2D eigenvalue weighted by Gasteiger charge is -2.30. The highest BCUT2D eigenvalue weighted by atomic mass is 16.2. The second-order valence-electron chi connectivity index (χ2n) is 3.76. The molecule has 1 aliphatic rings. The Morgan fingerprint density at radius 2 is 2.21 bits per heavy atom. The number of nitrogens with two attached hydrogens (primary N) is 1. The van der Waals surface area contributed by atoms with Gasteiger partial charge < -0.3 is 10.6 Å². The van der Waals surface area contributed by atoms with Gasteiger partial charge in [0.05, 0.1) is 18.4 Å². The summed E-state index contributed by atoms with van der Waals surface area (Å²) < 4.78 is 1.68. The smallest absolute Gasteiger partial charge is 0.274 e. The Bertz CT molecular complexity index is 369. The molecule has 1 amide bonds. The van der Waals surface area contributed by atoms with E-state index >= 15 is 0 Å². The molecule has 1 aromatic rings. The Morgan fingerprint density at radius 1 is 1.50 bits per heavy atom. The molecule has 0 fully saturated rings. The molecule has 1 aromatic heterocycles. The van der Waals surface area contributed by atoms with Crippen molar-refractivity contribution in [3.8, 4) is 0 Å². The van der Waals surface area contributed by atoms with Gasteiger partial charge in [-0.15, -0.1) is 0 Å². The third-order valence-corrected chi connectivity index (χ3v) is 2.51. The van der Waals surface area contributed by atoms with Crippen LogP contribution in [0.4, 0.5) is 5.69 Å². The molecule has 0 unspecified atom stereocenters. The van der Waals surface area contributed by atoms with Crippen LogP contribution in [0.3, 0.4) is 0 Å². The molecule has 0 saturated heterocycles. The zero-order chi connectivity index (χ0) is 10.3. The first-order valence-corrected chi connectivity index (χ1v) is 4.73. The van der Waals surface area contributed by atoms with Crippen LogP contribution in [0.15, 0.2) is 6.20 Å². The van der Waals surface area contributed by atoms with Crippen LogP contribution in [-0.4, -0.2) is 33.2 Å². The minimum Gasteiger partial charge on any atom is -0.396 e. The van der Waals surface area contributed by atoms with Gasteiger partial charge in [-0.2, -0.15) is 5.10 Å². The minimum atomic E-state index is -0.0127. The predicted molar refractivity (Wildman–Crippen MR) is 52.8 cm³/mol. The van der Waals surface area contributed by atoms with Gasteiger partial charge in [0.25, 0.3) is 5.91 Å². The quantitative estimate of drug-likeness (QED) is 0.700. The van der Waals surface area contributed by atoms with E-state index in [2.05, 4.69) is 5.10 Å². The fourth-order valence-electron chi connectivity index (χ4n) is 1.74. The number of aromatic nitrogens is 2. The maximum Gasteiger partial charge on any atom is 0.274 e. The number of nitrogens with zero attached hydrogens (tertiary/aromatic N) is 3. The fourth-order valence-corrected chi connectivity index (χ4v) is 1.74. The molecular formula is C9H14N4O. The van der Waals surface area contributed by atoms with Gasteiger partial charge in [0.1, 0.15) is 5.69 Å². The highest BCUT2D eigenvalue weighted by molar-refractivity contribution is 5.98. The molecule has 76 valence electrons. The van der Waals surface area contributed by atoms with Crippen LogP contribution in [-0.2, 0) is 6.54 Å². The van der Waals surface area contributed by atoms with E-state index < -0.39 is 0 Å². The minimum absolute atomic E-state index is 0.0127. The van der Waals surface area contributed by atoms with E-state index in [0.717, 1.165) is 6.54 Å². The second-order valence-corrected chi connectivity index (χ2v) is 3.76. The van der Waals surface area contributed by atoms with E-state index in [1.54, 1.807) is 4.68 Å². The molecule has 5 nitrogen and oxygen atoms in total. The summed E-state index contributed by atoms with van der Waals surface area (Å²) >= 11 is 0. The molecule has 5 heteroatoms. The van der Waals surface area contributed by atoms with Gasteiger partial charge in [0.15, 0.2) is 0 Å². The molecule has 0 radical (unpaired) electrons. The Kier molecular flexibility index (Phi) is 1.94. The third-order valence-electron chi connectivity index (χ3n) is 2.51. The monoisotopic (exact) mass is 194 g/mol. The summed E-state index contributed by atoms with van der Waals surface area (Å²) in [6.45, 7) is 5.45. The van der Waals surface area contributed by atoms with E-state index in [1.165, 1.54) is 6.20 Å². The van der Waals surface area contributed by atoms with Gasteiger partial charge in [-0.25, -0.2) is 0 Å². The van der Waals surface area contributed by atoms with Crippen molar-refractivity contribution in [2.45, 2.75) is 26.4 Å². The van der Waals surface area contributed by atoms with E-state index in [9.17, 15) is 4.79 Å². The summed E-state index contributed by atoms with van der Waals surface area (Å²) in [7, 11) is 0. The Labute approximate surface area is 82.5 Å². The van der Waals surface area contributed by atoms with E-state index in [0.29, 0.717) is 17.9 Å². The number of nitrogen functional groups attached to an aromatic ring is 1. The summed E-state index contributed by atoms with van der Waals surface area (Å²) in [6, 6.07) is 0.213. The van der Waals surface area contributed by atoms with Crippen LogP contribution in [0, 0.1) is 0 Å². The molecule has 0 saturated carbocycles. The molecule has 0 atom stereocenters. The van der Waals surface area contributed by atoms with Gasteiger partial charge in [-0.05, 0) is 13.8 Å². The zero-order valence-electron chi connectivity index (χ0n) is 8.40. The van der Waals surface area contributed by atoms with Crippen LogP contribution in [0.2, 0.25) is 0 Å². The summed E-state index contributed by atoms with van der Waals surface area (Å²) in [5.41, 5.74) is 6.69. The summed E-state index contributed by atoms with van der Waals surface area (Å²) in [5.74, 6) is -0.0127. The number of rotatable bonds is 1. The van der Waals surface area contributed by atoms with Crippen molar-refractivity contribution >= 4 is 11.6 Å². The number of hydrogen-bond donors (Lipinski definition) is 1. The second kappa shape index (κ2) is 3.01. The standard InChI is InChI=1S/C9H14N4O/c1-6(2)12-3-4-13-8(9(12)14)7(10)5-11-13/h5-6H,3-4,10H2,1-2H3.